The lowest BCUT2D eigenvalue weighted by Gasteiger charge is -2.25. The van der Waals surface area contributed by atoms with Crippen LogP contribution in [0.15, 0.2) is 60.0 Å². The van der Waals surface area contributed by atoms with Gasteiger partial charge >= 0.3 is 0 Å². The van der Waals surface area contributed by atoms with Crippen LogP contribution in [0.25, 0.3) is 0 Å². The standard InChI is InChI=1S/C20H24N2O3S/c1-5-10-21-20(23)14-22(18-12-16(3)11-17(4)13-18)26(24,25)19-8-6-15(2)7-9-19/h5-9,11-13H,1,10,14H2,2-4H3,(H,21,23). The molecule has 0 unspecified atom stereocenters. The van der Waals surface area contributed by atoms with Crippen molar-refractivity contribution in [3.63, 3.8) is 0 Å². The number of hydrogen-bond donors (Lipinski definition) is 1. The molecular formula is C20H24N2O3S. The maximum atomic E-state index is 13.2. The lowest BCUT2D eigenvalue weighted by molar-refractivity contribution is -0.119. The summed E-state index contributed by atoms with van der Waals surface area (Å²) in [6.07, 6.45) is 1.55. The Balaban J connectivity index is 2.49. The van der Waals surface area contributed by atoms with E-state index in [0.29, 0.717) is 5.69 Å². The van der Waals surface area contributed by atoms with Gasteiger partial charge in [0.2, 0.25) is 5.91 Å². The molecule has 0 aromatic heterocycles. The molecule has 2 aromatic carbocycles. The van der Waals surface area contributed by atoms with Crippen LogP contribution in [-0.4, -0.2) is 27.4 Å². The molecule has 0 aliphatic rings. The van der Waals surface area contributed by atoms with E-state index >= 15 is 0 Å². The molecule has 0 spiro atoms. The lowest BCUT2D eigenvalue weighted by Crippen LogP contribution is -2.41. The fraction of sp³-hybridized carbons (Fsp3) is 0.250. The van der Waals surface area contributed by atoms with Crippen LogP contribution in [0.5, 0.6) is 0 Å². The zero-order valence-electron chi connectivity index (χ0n) is 15.3. The third kappa shape index (κ3) is 4.73. The Morgan fingerprint density at radius 2 is 1.62 bits per heavy atom. The summed E-state index contributed by atoms with van der Waals surface area (Å²) in [5.74, 6) is -0.389. The molecule has 0 fully saturated rings. The van der Waals surface area contributed by atoms with E-state index in [0.717, 1.165) is 21.0 Å². The number of nitrogens with one attached hydrogen (secondary N) is 1. The molecule has 2 aromatic rings. The predicted molar refractivity (Wildman–Crippen MR) is 105 cm³/mol. The van der Waals surface area contributed by atoms with E-state index in [1.807, 2.05) is 26.8 Å². The highest BCUT2D eigenvalue weighted by atomic mass is 32.2. The quantitative estimate of drug-likeness (QED) is 0.760. The minimum absolute atomic E-state index is 0.152. The van der Waals surface area contributed by atoms with Crippen molar-refractivity contribution < 1.29 is 13.2 Å². The zero-order valence-corrected chi connectivity index (χ0v) is 16.1. The van der Waals surface area contributed by atoms with Crippen LogP contribution in [0, 0.1) is 20.8 Å². The van der Waals surface area contributed by atoms with E-state index in [-0.39, 0.29) is 23.9 Å². The molecule has 0 bridgehead atoms. The molecule has 6 heteroatoms. The summed E-state index contributed by atoms with van der Waals surface area (Å²) in [7, 11) is -3.88. The number of benzene rings is 2. The molecule has 0 aliphatic carbocycles. The van der Waals surface area contributed by atoms with E-state index in [4.69, 9.17) is 0 Å². The Kier molecular flexibility index (Phi) is 6.21. The molecule has 0 atom stereocenters. The number of carbonyl (C=O) groups excluding carboxylic acids is 1. The molecule has 5 nitrogen and oxygen atoms in total. The van der Waals surface area contributed by atoms with Crippen molar-refractivity contribution >= 4 is 21.6 Å². The van der Waals surface area contributed by atoms with Gasteiger partial charge in [-0.25, -0.2) is 8.42 Å². The monoisotopic (exact) mass is 372 g/mol. The van der Waals surface area contributed by atoms with Crippen molar-refractivity contribution in [2.75, 3.05) is 17.4 Å². The Morgan fingerprint density at radius 1 is 1.04 bits per heavy atom. The van der Waals surface area contributed by atoms with Crippen LogP contribution in [0.4, 0.5) is 5.69 Å². The summed E-state index contributed by atoms with van der Waals surface area (Å²) < 4.78 is 27.6. The second kappa shape index (κ2) is 8.19. The average Bonchev–Trinajstić information content (AvgIpc) is 2.57. The normalized spacial score (nSPS) is 11.0. The SMILES string of the molecule is C=CCNC(=O)CN(c1cc(C)cc(C)c1)S(=O)(=O)c1ccc(C)cc1. The zero-order chi connectivity index (χ0) is 19.3. The third-order valence-corrected chi connectivity index (χ3v) is 5.62. The molecule has 1 N–H and O–H groups in total. The van der Waals surface area contributed by atoms with E-state index in [1.165, 1.54) is 0 Å². The molecule has 0 heterocycles. The molecule has 26 heavy (non-hydrogen) atoms. The minimum atomic E-state index is -3.88. The van der Waals surface area contributed by atoms with E-state index < -0.39 is 10.0 Å². The van der Waals surface area contributed by atoms with Crippen molar-refractivity contribution in [1.29, 1.82) is 0 Å². The number of amides is 1. The van der Waals surface area contributed by atoms with Gasteiger partial charge in [-0.05, 0) is 56.2 Å². The predicted octanol–water partition coefficient (Wildman–Crippen LogP) is 3.11. The topological polar surface area (TPSA) is 66.5 Å². The Bertz CT molecular complexity index is 883. The maximum Gasteiger partial charge on any atom is 0.264 e. The number of sulfonamides is 1. The van der Waals surface area contributed by atoms with Gasteiger partial charge in [-0.1, -0.05) is 29.8 Å². The van der Waals surface area contributed by atoms with Gasteiger partial charge in [0.1, 0.15) is 6.54 Å². The van der Waals surface area contributed by atoms with Crippen molar-refractivity contribution in [2.45, 2.75) is 25.7 Å². The third-order valence-electron chi connectivity index (χ3n) is 3.83. The van der Waals surface area contributed by atoms with Crippen LogP contribution in [0.3, 0.4) is 0 Å². The van der Waals surface area contributed by atoms with Crippen molar-refractivity contribution in [1.82, 2.24) is 5.32 Å². The van der Waals surface area contributed by atoms with E-state index in [9.17, 15) is 13.2 Å². The van der Waals surface area contributed by atoms with Crippen LogP contribution in [0.2, 0.25) is 0 Å². The Morgan fingerprint density at radius 3 is 2.15 bits per heavy atom. The highest BCUT2D eigenvalue weighted by Gasteiger charge is 2.27. The van der Waals surface area contributed by atoms with Gasteiger partial charge in [-0.3, -0.25) is 9.10 Å². The van der Waals surface area contributed by atoms with Gasteiger partial charge in [0, 0.05) is 6.54 Å². The highest BCUT2D eigenvalue weighted by Crippen LogP contribution is 2.26. The number of carbonyl (C=O) groups is 1. The molecular weight excluding hydrogens is 348 g/mol. The summed E-state index contributed by atoms with van der Waals surface area (Å²) >= 11 is 0. The van der Waals surface area contributed by atoms with Gasteiger partial charge < -0.3 is 5.32 Å². The van der Waals surface area contributed by atoms with Crippen LogP contribution in [0.1, 0.15) is 16.7 Å². The summed E-state index contributed by atoms with van der Waals surface area (Å²) in [6, 6.07) is 12.1. The van der Waals surface area contributed by atoms with Gasteiger partial charge in [0.25, 0.3) is 10.0 Å². The fourth-order valence-electron chi connectivity index (χ4n) is 2.62. The molecule has 1 amide bonds. The highest BCUT2D eigenvalue weighted by molar-refractivity contribution is 7.92. The molecule has 0 saturated heterocycles. The minimum Gasteiger partial charge on any atom is -0.351 e. The summed E-state index contributed by atoms with van der Waals surface area (Å²) in [4.78, 5) is 12.4. The van der Waals surface area contributed by atoms with E-state index in [1.54, 1.807) is 42.5 Å². The first-order valence-corrected chi connectivity index (χ1v) is 9.73. The molecule has 0 saturated carbocycles. The van der Waals surface area contributed by atoms with Gasteiger partial charge in [-0.15, -0.1) is 6.58 Å². The van der Waals surface area contributed by atoms with Crippen molar-refractivity contribution in [3.05, 3.63) is 71.8 Å². The van der Waals surface area contributed by atoms with Crippen molar-refractivity contribution in [2.24, 2.45) is 0 Å². The van der Waals surface area contributed by atoms with Gasteiger partial charge in [0.15, 0.2) is 0 Å². The number of nitrogens with zero attached hydrogens (tertiary/aromatic N) is 1. The first kappa shape index (κ1) is 19.7. The van der Waals surface area contributed by atoms with Gasteiger partial charge in [-0.2, -0.15) is 0 Å². The lowest BCUT2D eigenvalue weighted by atomic mass is 10.1. The first-order valence-electron chi connectivity index (χ1n) is 8.29. The van der Waals surface area contributed by atoms with Crippen LogP contribution >= 0.6 is 0 Å². The number of hydrogen-bond acceptors (Lipinski definition) is 3. The molecule has 0 radical (unpaired) electrons. The summed E-state index contributed by atoms with van der Waals surface area (Å²) in [6.45, 7) is 9.21. The van der Waals surface area contributed by atoms with Crippen LogP contribution in [-0.2, 0) is 14.8 Å². The molecule has 0 aliphatic heterocycles. The second-order valence-electron chi connectivity index (χ2n) is 6.26. The Hall–Kier alpha value is -2.60. The fourth-order valence-corrected chi connectivity index (χ4v) is 4.02. The number of anilines is 1. The molecule has 2 rings (SSSR count). The number of rotatable bonds is 7. The summed E-state index contributed by atoms with van der Waals surface area (Å²) in [5, 5.41) is 2.63. The largest absolute Gasteiger partial charge is 0.351 e. The average molecular weight is 372 g/mol. The second-order valence-corrected chi connectivity index (χ2v) is 8.13. The van der Waals surface area contributed by atoms with E-state index in [2.05, 4.69) is 11.9 Å². The van der Waals surface area contributed by atoms with Gasteiger partial charge in [0.05, 0.1) is 10.6 Å². The first-order chi connectivity index (χ1) is 12.2. The molecule has 138 valence electrons. The summed E-state index contributed by atoms with van der Waals surface area (Å²) in [5.41, 5.74) is 3.29. The smallest absolute Gasteiger partial charge is 0.264 e. The van der Waals surface area contributed by atoms with Crippen molar-refractivity contribution in [3.8, 4) is 0 Å². The van der Waals surface area contributed by atoms with Crippen LogP contribution < -0.4 is 9.62 Å². The maximum absolute atomic E-state index is 13.2. The Labute approximate surface area is 155 Å². The number of aryl methyl sites for hydroxylation is 3.